The number of ether oxygens (including phenoxy) is 1. The summed E-state index contributed by atoms with van der Waals surface area (Å²) in [5.41, 5.74) is -0.377. The zero-order chi connectivity index (χ0) is 20.0. The first-order chi connectivity index (χ1) is 12.7. The Balaban J connectivity index is 1.83. The van der Waals surface area contributed by atoms with E-state index in [2.05, 4.69) is 9.71 Å². The van der Waals surface area contributed by atoms with Crippen molar-refractivity contribution in [2.45, 2.75) is 24.5 Å². The number of thioether (sulfide) groups is 1. The lowest BCUT2D eigenvalue weighted by Gasteiger charge is -2.06. The van der Waals surface area contributed by atoms with Crippen LogP contribution in [-0.2, 0) is 31.9 Å². The lowest BCUT2D eigenvalue weighted by atomic mass is 10.2. The largest absolute Gasteiger partial charge is 0.465 e. The summed E-state index contributed by atoms with van der Waals surface area (Å²) in [6, 6.07) is 3.88. The van der Waals surface area contributed by atoms with Gasteiger partial charge in [-0.15, -0.1) is 0 Å². The molecule has 2 heterocycles. The van der Waals surface area contributed by atoms with Crippen LogP contribution in [0.4, 0.5) is 0 Å². The van der Waals surface area contributed by atoms with Gasteiger partial charge in [0.25, 0.3) is 10.0 Å². The molecule has 0 spiro atoms. The summed E-state index contributed by atoms with van der Waals surface area (Å²) >= 11 is 1.58. The smallest absolute Gasteiger partial charge is 0.332 e. The van der Waals surface area contributed by atoms with Gasteiger partial charge in [0.15, 0.2) is 5.84 Å². The van der Waals surface area contributed by atoms with Gasteiger partial charge in [0, 0.05) is 5.75 Å². The number of carbonyl (C=O) groups excluding carboxylic acids is 1. The summed E-state index contributed by atoms with van der Waals surface area (Å²) in [7, 11) is -0.0661. The van der Waals surface area contributed by atoms with Gasteiger partial charge >= 0.3 is 5.97 Å². The fraction of sp³-hybridized carbons (Fsp3) is 0.562. The molecule has 0 amide bonds. The van der Waals surface area contributed by atoms with Gasteiger partial charge < -0.3 is 14.1 Å². The van der Waals surface area contributed by atoms with Crippen molar-refractivity contribution in [1.82, 2.24) is 9.62 Å². The molecule has 1 saturated heterocycles. The van der Waals surface area contributed by atoms with Gasteiger partial charge in [-0.25, -0.2) is 8.42 Å². The van der Waals surface area contributed by atoms with E-state index in [0.29, 0.717) is 18.1 Å². The van der Waals surface area contributed by atoms with Crippen molar-refractivity contribution < 1.29 is 22.4 Å². The van der Waals surface area contributed by atoms with Gasteiger partial charge in [-0.05, 0) is 33.2 Å². The molecule has 1 aromatic heterocycles. The molecule has 0 saturated carbocycles. The van der Waals surface area contributed by atoms with E-state index in [0.717, 1.165) is 18.1 Å². The van der Waals surface area contributed by atoms with Gasteiger partial charge in [0.05, 0.1) is 25.4 Å². The molecule has 0 radical (unpaired) electrons. The van der Waals surface area contributed by atoms with E-state index >= 15 is 0 Å². The highest BCUT2D eigenvalue weighted by Crippen LogP contribution is 2.17. The minimum atomic E-state index is -4.01. The number of rotatable bonds is 9. The second kappa shape index (κ2) is 9.38. The molecule has 1 aliphatic heterocycles. The molecular weight excluding hydrogens is 392 g/mol. The number of aliphatic imine (C=N–C) groups is 1. The van der Waals surface area contributed by atoms with Crippen molar-refractivity contribution in [3.05, 3.63) is 23.7 Å². The summed E-state index contributed by atoms with van der Waals surface area (Å²) < 4.78 is 36.6. The number of carbonyl (C=O) groups is 1. The Bertz CT molecular complexity index is 817. The lowest BCUT2D eigenvalue weighted by molar-refractivity contribution is -0.141. The second-order valence-corrected chi connectivity index (χ2v) is 8.95. The van der Waals surface area contributed by atoms with Crippen LogP contribution in [0.15, 0.2) is 21.5 Å². The van der Waals surface area contributed by atoms with Crippen LogP contribution >= 0.6 is 11.8 Å². The maximum atomic E-state index is 12.0. The zero-order valence-electron chi connectivity index (χ0n) is 15.5. The average Bonchev–Trinajstić information content (AvgIpc) is 3.08. The molecule has 2 N–H and O–H groups in total. The van der Waals surface area contributed by atoms with E-state index in [-0.39, 0.29) is 18.2 Å². The van der Waals surface area contributed by atoms with Crippen molar-refractivity contribution in [3.63, 3.8) is 0 Å². The van der Waals surface area contributed by atoms with Crippen LogP contribution in [0, 0.1) is 5.41 Å². The van der Waals surface area contributed by atoms with Gasteiger partial charge in [0.1, 0.15) is 17.2 Å². The summed E-state index contributed by atoms with van der Waals surface area (Å²) in [6.07, 6.45) is 0. The third-order valence-electron chi connectivity index (χ3n) is 3.51. The van der Waals surface area contributed by atoms with Crippen LogP contribution in [0.5, 0.6) is 0 Å². The third kappa shape index (κ3) is 5.81. The summed E-state index contributed by atoms with van der Waals surface area (Å²) in [4.78, 5) is 17.9. The number of esters is 1. The third-order valence-corrected chi connectivity index (χ3v) is 5.99. The Hall–Kier alpha value is -1.85. The SMILES string of the molecule is CCOC(=O)C1C(=N)C(=NCCSCc2ccc(CN(C)C)o2)NS1(=O)=O. The van der Waals surface area contributed by atoms with Crippen molar-refractivity contribution in [3.8, 4) is 0 Å². The normalized spacial score (nSPS) is 20.2. The maximum Gasteiger partial charge on any atom is 0.332 e. The molecule has 1 unspecified atom stereocenters. The predicted octanol–water partition coefficient (Wildman–Crippen LogP) is 0.857. The highest BCUT2D eigenvalue weighted by atomic mass is 32.2. The summed E-state index contributed by atoms with van der Waals surface area (Å²) in [6.45, 7) is 2.67. The van der Waals surface area contributed by atoms with Crippen molar-refractivity contribution in [1.29, 1.82) is 5.41 Å². The van der Waals surface area contributed by atoms with Crippen molar-refractivity contribution >= 4 is 39.3 Å². The number of amidine groups is 1. The van der Waals surface area contributed by atoms with E-state index in [1.54, 1.807) is 18.7 Å². The van der Waals surface area contributed by atoms with E-state index in [1.165, 1.54) is 0 Å². The molecule has 1 fully saturated rings. The topological polar surface area (TPSA) is 125 Å². The Labute approximate surface area is 163 Å². The van der Waals surface area contributed by atoms with E-state index < -0.39 is 21.2 Å². The van der Waals surface area contributed by atoms with E-state index in [1.807, 2.05) is 31.1 Å². The van der Waals surface area contributed by atoms with E-state index in [4.69, 9.17) is 14.6 Å². The number of furan rings is 1. The minimum Gasteiger partial charge on any atom is -0.465 e. The molecule has 150 valence electrons. The zero-order valence-corrected chi connectivity index (χ0v) is 17.2. The maximum absolute atomic E-state index is 12.0. The van der Waals surface area contributed by atoms with Crippen LogP contribution in [0.3, 0.4) is 0 Å². The Morgan fingerprint density at radius 1 is 1.41 bits per heavy atom. The summed E-state index contributed by atoms with van der Waals surface area (Å²) in [5, 5.41) is 6.25. The van der Waals surface area contributed by atoms with Gasteiger partial charge in [0.2, 0.25) is 5.25 Å². The molecule has 0 aromatic carbocycles. The number of hydrogen-bond acceptors (Lipinski definition) is 9. The van der Waals surface area contributed by atoms with Gasteiger partial charge in [-0.3, -0.25) is 19.9 Å². The quantitative estimate of drug-likeness (QED) is 0.452. The standard InChI is InChI=1S/C16H24N4O5S2/c1-4-24-16(21)14-13(17)15(19-27(14,22)23)18-7-8-26-10-12-6-5-11(25-12)9-20(2)3/h5-6,14,17H,4,7-10H2,1-3H3,(H,18,19). The van der Waals surface area contributed by atoms with Crippen molar-refractivity contribution in [2.75, 3.05) is 33.0 Å². The molecule has 0 bridgehead atoms. The van der Waals surface area contributed by atoms with Crippen LogP contribution in [0.2, 0.25) is 0 Å². The molecule has 1 aromatic rings. The molecule has 11 heteroatoms. The molecular formula is C16H24N4O5S2. The summed E-state index contributed by atoms with van der Waals surface area (Å²) in [5.74, 6) is 2.00. The number of sulfonamides is 1. The fourth-order valence-corrected chi connectivity index (χ4v) is 4.43. The van der Waals surface area contributed by atoms with Gasteiger partial charge in [-0.1, -0.05) is 0 Å². The fourth-order valence-electron chi connectivity index (χ4n) is 2.40. The first kappa shape index (κ1) is 21.5. The average molecular weight is 417 g/mol. The van der Waals surface area contributed by atoms with Gasteiger partial charge in [-0.2, -0.15) is 11.8 Å². The predicted molar refractivity (Wildman–Crippen MR) is 105 cm³/mol. The first-order valence-electron chi connectivity index (χ1n) is 8.36. The second-order valence-electron chi connectivity index (χ2n) is 6.08. The number of nitrogens with one attached hydrogen (secondary N) is 2. The highest BCUT2D eigenvalue weighted by molar-refractivity contribution is 7.98. The Morgan fingerprint density at radius 2 is 2.11 bits per heavy atom. The molecule has 2 rings (SSSR count). The number of hydrogen-bond donors (Lipinski definition) is 2. The monoisotopic (exact) mass is 416 g/mol. The molecule has 1 aliphatic rings. The highest BCUT2D eigenvalue weighted by Gasteiger charge is 2.47. The molecule has 0 aliphatic carbocycles. The van der Waals surface area contributed by atoms with E-state index in [9.17, 15) is 13.2 Å². The van der Waals surface area contributed by atoms with Crippen LogP contribution in [0.1, 0.15) is 18.4 Å². The molecule has 1 atom stereocenters. The van der Waals surface area contributed by atoms with Crippen LogP contribution < -0.4 is 4.72 Å². The van der Waals surface area contributed by atoms with Crippen LogP contribution in [-0.4, -0.2) is 69.1 Å². The first-order valence-corrected chi connectivity index (χ1v) is 11.1. The Morgan fingerprint density at radius 3 is 2.78 bits per heavy atom. The number of nitrogens with zero attached hydrogens (tertiary/aromatic N) is 2. The van der Waals surface area contributed by atoms with Crippen molar-refractivity contribution in [2.24, 2.45) is 4.99 Å². The lowest BCUT2D eigenvalue weighted by Crippen LogP contribution is -2.35. The minimum absolute atomic E-state index is 0.0459. The molecule has 27 heavy (non-hydrogen) atoms. The molecule has 9 nitrogen and oxygen atoms in total. The van der Waals surface area contributed by atoms with Crippen LogP contribution in [0.25, 0.3) is 0 Å². The Kier molecular flexibility index (Phi) is 7.45.